The van der Waals surface area contributed by atoms with E-state index in [4.69, 9.17) is 18.9 Å². The SMILES string of the molecule is C=CCOc1ccc(C2C(C(=O)OCC(C)C)=C(C)N=c3sc(=Cc4ccc(O)c(OC)c4)c(=O)n32)cc1OC. The van der Waals surface area contributed by atoms with E-state index in [1.165, 1.54) is 36.2 Å². The van der Waals surface area contributed by atoms with Gasteiger partial charge in [-0.3, -0.25) is 9.36 Å². The highest BCUT2D eigenvalue weighted by Crippen LogP contribution is 2.36. The van der Waals surface area contributed by atoms with Gasteiger partial charge in [-0.15, -0.1) is 0 Å². The van der Waals surface area contributed by atoms with Crippen molar-refractivity contribution in [1.29, 1.82) is 0 Å². The van der Waals surface area contributed by atoms with E-state index in [0.717, 1.165) is 0 Å². The van der Waals surface area contributed by atoms with E-state index in [1.54, 1.807) is 49.4 Å². The molecule has 10 heteroatoms. The molecule has 9 nitrogen and oxygen atoms in total. The molecule has 1 unspecified atom stereocenters. The Bertz CT molecular complexity index is 1650. The molecule has 40 heavy (non-hydrogen) atoms. The molecule has 210 valence electrons. The minimum atomic E-state index is -0.810. The molecular formula is C30H32N2O7S. The van der Waals surface area contributed by atoms with Crippen molar-refractivity contribution in [3.8, 4) is 23.0 Å². The van der Waals surface area contributed by atoms with Gasteiger partial charge in [0.2, 0.25) is 0 Å². The van der Waals surface area contributed by atoms with Gasteiger partial charge in [-0.2, -0.15) is 0 Å². The largest absolute Gasteiger partial charge is 0.504 e. The first-order chi connectivity index (χ1) is 19.2. The van der Waals surface area contributed by atoms with Crippen LogP contribution in [0.5, 0.6) is 23.0 Å². The number of phenols is 1. The number of thiazole rings is 1. The van der Waals surface area contributed by atoms with E-state index < -0.39 is 12.0 Å². The first-order valence-electron chi connectivity index (χ1n) is 12.7. The number of ether oxygens (including phenoxy) is 4. The standard InChI is InChI=1S/C30H32N2O7S/c1-7-12-38-22-11-9-20(15-24(22)37-6)27-26(29(35)39-16-17(2)3)18(4)31-30-32(27)28(34)25(40-30)14-19-8-10-21(33)23(13-19)36-5/h7-11,13-15,17,27,33H,1,12,16H2,2-6H3. The zero-order valence-corrected chi connectivity index (χ0v) is 23.9. The van der Waals surface area contributed by atoms with Gasteiger partial charge in [-0.05, 0) is 54.3 Å². The first-order valence-corrected chi connectivity index (χ1v) is 13.5. The number of fused-ring (bicyclic) bond motifs is 1. The van der Waals surface area contributed by atoms with Crippen LogP contribution in [0.4, 0.5) is 0 Å². The molecule has 0 spiro atoms. The Kier molecular flexibility index (Phi) is 8.79. The molecule has 2 heterocycles. The summed E-state index contributed by atoms with van der Waals surface area (Å²) in [5, 5.41) is 9.96. The Labute approximate surface area is 235 Å². The highest BCUT2D eigenvalue weighted by Gasteiger charge is 2.34. The van der Waals surface area contributed by atoms with Gasteiger partial charge in [0.15, 0.2) is 27.8 Å². The third kappa shape index (κ3) is 5.81. The van der Waals surface area contributed by atoms with Crippen LogP contribution in [0.3, 0.4) is 0 Å². The quantitative estimate of drug-likeness (QED) is 0.295. The molecular weight excluding hydrogens is 532 g/mol. The van der Waals surface area contributed by atoms with Crippen LogP contribution in [0.2, 0.25) is 0 Å². The van der Waals surface area contributed by atoms with Crippen molar-refractivity contribution in [2.45, 2.75) is 26.8 Å². The number of benzene rings is 2. The number of hydrogen-bond donors (Lipinski definition) is 1. The fourth-order valence-corrected chi connectivity index (χ4v) is 5.32. The lowest BCUT2D eigenvalue weighted by molar-refractivity contribution is -0.140. The van der Waals surface area contributed by atoms with Gasteiger partial charge in [0.1, 0.15) is 6.61 Å². The Morgan fingerprint density at radius 2 is 1.90 bits per heavy atom. The molecule has 0 amide bonds. The minimum absolute atomic E-state index is 0.00393. The number of aromatic nitrogens is 1. The van der Waals surface area contributed by atoms with Gasteiger partial charge >= 0.3 is 5.97 Å². The lowest BCUT2D eigenvalue weighted by atomic mass is 9.95. The number of hydrogen-bond acceptors (Lipinski definition) is 9. The smallest absolute Gasteiger partial charge is 0.338 e. The molecule has 1 aromatic heterocycles. The number of phenolic OH excluding ortho intramolecular Hbond substituents is 1. The fraction of sp³-hybridized carbons (Fsp3) is 0.300. The second-order valence-corrected chi connectivity index (χ2v) is 10.5. The van der Waals surface area contributed by atoms with Crippen LogP contribution in [0.1, 0.15) is 37.9 Å². The number of methoxy groups -OCH3 is 2. The molecule has 3 aromatic rings. The van der Waals surface area contributed by atoms with Gasteiger partial charge in [-0.1, -0.05) is 50.0 Å². The van der Waals surface area contributed by atoms with Gasteiger partial charge in [0.25, 0.3) is 5.56 Å². The summed E-state index contributed by atoms with van der Waals surface area (Å²) in [4.78, 5) is 32.4. The fourth-order valence-electron chi connectivity index (χ4n) is 4.28. The number of aromatic hydroxyl groups is 1. The molecule has 4 rings (SSSR count). The lowest BCUT2D eigenvalue weighted by Gasteiger charge is -2.25. The topological polar surface area (TPSA) is 109 Å². The average Bonchev–Trinajstić information content (AvgIpc) is 3.24. The van der Waals surface area contributed by atoms with Crippen LogP contribution in [0.15, 0.2) is 70.1 Å². The van der Waals surface area contributed by atoms with Crippen LogP contribution in [-0.2, 0) is 9.53 Å². The lowest BCUT2D eigenvalue weighted by Crippen LogP contribution is -2.40. The van der Waals surface area contributed by atoms with E-state index in [9.17, 15) is 14.7 Å². The maximum atomic E-state index is 13.9. The molecule has 1 atom stereocenters. The van der Waals surface area contributed by atoms with E-state index in [1.807, 2.05) is 13.8 Å². The summed E-state index contributed by atoms with van der Waals surface area (Å²) in [7, 11) is 2.98. The molecule has 1 aliphatic heterocycles. The highest BCUT2D eigenvalue weighted by molar-refractivity contribution is 7.07. The minimum Gasteiger partial charge on any atom is -0.504 e. The second-order valence-electron chi connectivity index (χ2n) is 9.52. The number of rotatable bonds is 10. The van der Waals surface area contributed by atoms with Crippen LogP contribution in [0.25, 0.3) is 6.08 Å². The summed E-state index contributed by atoms with van der Waals surface area (Å²) in [5.41, 5.74) is 1.70. The van der Waals surface area contributed by atoms with Crippen molar-refractivity contribution in [2.24, 2.45) is 10.9 Å². The number of allylic oxidation sites excluding steroid dienone is 1. The van der Waals surface area contributed by atoms with Crippen molar-refractivity contribution in [1.82, 2.24) is 4.57 Å². The number of esters is 1. The molecule has 0 saturated heterocycles. The third-order valence-corrected chi connectivity index (χ3v) is 7.13. The molecule has 2 aromatic carbocycles. The number of carbonyl (C=O) groups is 1. The Morgan fingerprint density at radius 1 is 1.15 bits per heavy atom. The monoisotopic (exact) mass is 564 g/mol. The number of nitrogens with zero attached hydrogens (tertiary/aromatic N) is 2. The summed E-state index contributed by atoms with van der Waals surface area (Å²) < 4.78 is 24.0. The zero-order valence-electron chi connectivity index (χ0n) is 23.1. The third-order valence-electron chi connectivity index (χ3n) is 6.15. The summed E-state index contributed by atoms with van der Waals surface area (Å²) in [6.45, 7) is 9.83. The molecule has 1 aliphatic rings. The molecule has 0 bridgehead atoms. The van der Waals surface area contributed by atoms with E-state index in [2.05, 4.69) is 11.6 Å². The molecule has 0 radical (unpaired) electrons. The summed E-state index contributed by atoms with van der Waals surface area (Å²) in [5.74, 6) is 0.829. The normalized spacial score (nSPS) is 14.9. The van der Waals surface area contributed by atoms with Gasteiger partial charge in [-0.25, -0.2) is 9.79 Å². The van der Waals surface area contributed by atoms with Crippen molar-refractivity contribution >= 4 is 23.4 Å². The maximum absolute atomic E-state index is 13.9. The van der Waals surface area contributed by atoms with E-state index >= 15 is 0 Å². The van der Waals surface area contributed by atoms with Crippen LogP contribution in [-0.4, -0.2) is 43.1 Å². The van der Waals surface area contributed by atoms with E-state index in [0.29, 0.717) is 44.3 Å². The predicted molar refractivity (Wildman–Crippen MR) is 153 cm³/mol. The molecule has 0 aliphatic carbocycles. The Hall–Kier alpha value is -4.31. The van der Waals surface area contributed by atoms with Crippen molar-refractivity contribution in [3.05, 3.63) is 91.1 Å². The Balaban J connectivity index is 1.91. The second kappa shape index (κ2) is 12.3. The van der Waals surface area contributed by atoms with Gasteiger partial charge < -0.3 is 24.1 Å². The molecule has 0 saturated carbocycles. The van der Waals surface area contributed by atoms with Crippen LogP contribution >= 0.6 is 11.3 Å². The van der Waals surface area contributed by atoms with Gasteiger partial charge in [0, 0.05) is 0 Å². The first kappa shape index (κ1) is 28.7. The summed E-state index contributed by atoms with van der Waals surface area (Å²) in [6.07, 6.45) is 3.33. The molecule has 1 N–H and O–H groups in total. The Morgan fingerprint density at radius 3 is 2.58 bits per heavy atom. The highest BCUT2D eigenvalue weighted by atomic mass is 32.1. The van der Waals surface area contributed by atoms with Gasteiger partial charge in [0.05, 0.1) is 42.7 Å². The van der Waals surface area contributed by atoms with Crippen LogP contribution in [0, 0.1) is 5.92 Å². The summed E-state index contributed by atoms with van der Waals surface area (Å²) >= 11 is 1.20. The number of carbonyl (C=O) groups excluding carboxylic acids is 1. The molecule has 0 fully saturated rings. The van der Waals surface area contributed by atoms with Crippen LogP contribution < -0.4 is 29.1 Å². The average molecular weight is 565 g/mol. The maximum Gasteiger partial charge on any atom is 0.338 e. The van der Waals surface area contributed by atoms with E-state index in [-0.39, 0.29) is 35.2 Å². The predicted octanol–water partition coefficient (Wildman–Crippen LogP) is 3.72. The zero-order chi connectivity index (χ0) is 29.0. The van der Waals surface area contributed by atoms with Crippen molar-refractivity contribution in [2.75, 3.05) is 27.4 Å². The summed E-state index contributed by atoms with van der Waals surface area (Å²) in [6, 6.07) is 9.29. The van der Waals surface area contributed by atoms with Crippen molar-refractivity contribution in [3.63, 3.8) is 0 Å². The van der Waals surface area contributed by atoms with Crippen molar-refractivity contribution < 1.29 is 28.8 Å².